The van der Waals surface area contributed by atoms with Crippen LogP contribution >= 0.6 is 0 Å². The zero-order valence-electron chi connectivity index (χ0n) is 16.3. The van der Waals surface area contributed by atoms with Gasteiger partial charge in [-0.05, 0) is 54.1 Å². The molecule has 0 amide bonds. The van der Waals surface area contributed by atoms with Crippen molar-refractivity contribution < 1.29 is 9.22 Å². The molecule has 2 aliphatic carbocycles. The predicted octanol–water partition coefficient (Wildman–Crippen LogP) is 5.31. The van der Waals surface area contributed by atoms with Gasteiger partial charge >= 0.3 is 0 Å². The van der Waals surface area contributed by atoms with Crippen molar-refractivity contribution in [2.75, 3.05) is 0 Å². The molecule has 0 spiro atoms. The lowest BCUT2D eigenvalue weighted by molar-refractivity contribution is -0.119. The van der Waals surface area contributed by atoms with Crippen LogP contribution in [0.2, 0.25) is 18.1 Å². The highest BCUT2D eigenvalue weighted by Gasteiger charge is 2.49. The molecular formula is C20H36O2Si. The molecule has 0 unspecified atom stereocenters. The smallest absolute Gasteiger partial charge is 0.192 e. The highest BCUT2D eigenvalue weighted by Crippen LogP contribution is 2.50. The number of carbonyl (C=O) groups is 1. The molecule has 0 aromatic rings. The van der Waals surface area contributed by atoms with Crippen LogP contribution in [0.3, 0.4) is 0 Å². The molecule has 2 aliphatic rings. The van der Waals surface area contributed by atoms with E-state index < -0.39 is 8.32 Å². The highest BCUT2D eigenvalue weighted by molar-refractivity contribution is 6.74. The van der Waals surface area contributed by atoms with Crippen LogP contribution in [0.1, 0.15) is 48.0 Å². The van der Waals surface area contributed by atoms with E-state index in [2.05, 4.69) is 66.8 Å². The van der Waals surface area contributed by atoms with Gasteiger partial charge < -0.3 is 9.22 Å². The Morgan fingerprint density at radius 2 is 1.74 bits per heavy atom. The van der Waals surface area contributed by atoms with Crippen LogP contribution in [0.25, 0.3) is 0 Å². The number of hydrogen-bond donors (Lipinski definition) is 0. The minimum atomic E-state index is -1.79. The third-order valence-corrected chi connectivity index (χ3v) is 11.4. The SMILES string of the molecule is C[C@@H]1[C@@H](O[Si](C)(C)C(C)(C)C)[C@H](C)C[C@@H]2C=C[C@H](C)[C@H](C=O)[C@@H]12. The lowest BCUT2D eigenvalue weighted by Crippen LogP contribution is -2.53. The van der Waals surface area contributed by atoms with Crippen LogP contribution in [0.5, 0.6) is 0 Å². The Morgan fingerprint density at radius 1 is 1.13 bits per heavy atom. The van der Waals surface area contributed by atoms with E-state index >= 15 is 0 Å². The largest absolute Gasteiger partial charge is 0.413 e. The van der Waals surface area contributed by atoms with Gasteiger partial charge in [0.15, 0.2) is 8.32 Å². The summed E-state index contributed by atoms with van der Waals surface area (Å²) in [5.74, 6) is 2.51. The van der Waals surface area contributed by atoms with Gasteiger partial charge in [0.1, 0.15) is 6.29 Å². The molecule has 0 aliphatic heterocycles. The van der Waals surface area contributed by atoms with Gasteiger partial charge in [0.2, 0.25) is 0 Å². The van der Waals surface area contributed by atoms with E-state index in [9.17, 15) is 4.79 Å². The van der Waals surface area contributed by atoms with Gasteiger partial charge in [0, 0.05) is 5.92 Å². The first-order valence-corrected chi connectivity index (χ1v) is 12.2. The maximum Gasteiger partial charge on any atom is 0.192 e. The number of aldehydes is 1. The van der Waals surface area contributed by atoms with Crippen molar-refractivity contribution in [2.45, 2.75) is 72.2 Å². The molecule has 1 fully saturated rings. The number of hydrogen-bond acceptors (Lipinski definition) is 2. The van der Waals surface area contributed by atoms with Crippen molar-refractivity contribution >= 4 is 14.6 Å². The van der Waals surface area contributed by atoms with Gasteiger partial charge in [-0.15, -0.1) is 0 Å². The molecule has 0 heterocycles. The van der Waals surface area contributed by atoms with Gasteiger partial charge in [0.05, 0.1) is 6.10 Å². The summed E-state index contributed by atoms with van der Waals surface area (Å²) in [7, 11) is -1.79. The summed E-state index contributed by atoms with van der Waals surface area (Å²) in [6, 6.07) is 0. The number of allylic oxidation sites excluding steroid dienone is 2. The molecule has 0 aromatic carbocycles. The second kappa shape index (κ2) is 6.48. The average Bonchev–Trinajstić information content (AvgIpc) is 2.43. The summed E-state index contributed by atoms with van der Waals surface area (Å²) in [4.78, 5) is 11.7. The van der Waals surface area contributed by atoms with Crippen LogP contribution in [-0.4, -0.2) is 20.7 Å². The Kier molecular flexibility index (Phi) is 5.33. The Hall–Kier alpha value is -0.413. The molecule has 7 atom stereocenters. The summed E-state index contributed by atoms with van der Waals surface area (Å²) >= 11 is 0. The van der Waals surface area contributed by atoms with Crippen molar-refractivity contribution in [3.05, 3.63) is 12.2 Å². The van der Waals surface area contributed by atoms with E-state index in [1.54, 1.807) is 0 Å². The Balaban J connectivity index is 2.26. The molecule has 1 saturated carbocycles. The molecule has 2 rings (SSSR count). The topological polar surface area (TPSA) is 26.3 Å². The van der Waals surface area contributed by atoms with E-state index in [0.717, 1.165) is 6.42 Å². The van der Waals surface area contributed by atoms with Crippen LogP contribution < -0.4 is 0 Å². The van der Waals surface area contributed by atoms with Crippen molar-refractivity contribution in [1.29, 1.82) is 0 Å². The van der Waals surface area contributed by atoms with Crippen LogP contribution in [0.4, 0.5) is 0 Å². The molecule has 0 bridgehead atoms. The summed E-state index contributed by atoms with van der Waals surface area (Å²) in [5, 5.41) is 0.229. The Bertz CT molecular complexity index is 463. The first kappa shape index (κ1) is 18.9. The predicted molar refractivity (Wildman–Crippen MR) is 99.9 cm³/mol. The van der Waals surface area contributed by atoms with E-state index in [1.807, 2.05) is 0 Å². The first-order valence-electron chi connectivity index (χ1n) is 9.31. The summed E-state index contributed by atoms with van der Waals surface area (Å²) in [6.45, 7) is 18.5. The lowest BCUT2D eigenvalue weighted by atomic mass is 9.58. The molecule has 0 aromatic heterocycles. The molecule has 3 heteroatoms. The number of rotatable bonds is 3. The molecule has 2 nitrogen and oxygen atoms in total. The zero-order chi connectivity index (χ0) is 17.6. The lowest BCUT2D eigenvalue weighted by Gasteiger charge is -2.52. The monoisotopic (exact) mass is 336 g/mol. The molecule has 0 saturated heterocycles. The van der Waals surface area contributed by atoms with Gasteiger partial charge in [-0.3, -0.25) is 0 Å². The highest BCUT2D eigenvalue weighted by atomic mass is 28.4. The maximum atomic E-state index is 11.7. The Morgan fingerprint density at radius 3 is 2.26 bits per heavy atom. The van der Waals surface area contributed by atoms with Crippen molar-refractivity contribution in [1.82, 2.24) is 0 Å². The first-order chi connectivity index (χ1) is 10.5. The fraction of sp³-hybridized carbons (Fsp3) is 0.850. The fourth-order valence-electron chi connectivity index (χ4n) is 4.44. The third-order valence-electron chi connectivity index (χ3n) is 6.93. The van der Waals surface area contributed by atoms with E-state index in [4.69, 9.17) is 4.43 Å². The minimum absolute atomic E-state index is 0.151. The van der Waals surface area contributed by atoms with Gasteiger partial charge in [0.25, 0.3) is 0 Å². The zero-order valence-corrected chi connectivity index (χ0v) is 17.3. The third kappa shape index (κ3) is 3.51. The molecule has 23 heavy (non-hydrogen) atoms. The summed E-state index contributed by atoms with van der Waals surface area (Å²) in [6.07, 6.45) is 7.29. The summed E-state index contributed by atoms with van der Waals surface area (Å²) in [5.41, 5.74) is 0. The number of carbonyl (C=O) groups excluding carboxylic acids is 1. The van der Waals surface area contributed by atoms with E-state index in [0.29, 0.717) is 35.7 Å². The molecule has 0 radical (unpaired) electrons. The second-order valence-corrected chi connectivity index (χ2v) is 14.4. The number of fused-ring (bicyclic) bond motifs is 1. The van der Waals surface area contributed by atoms with Crippen LogP contribution in [0, 0.1) is 35.5 Å². The van der Waals surface area contributed by atoms with Crippen LogP contribution in [0.15, 0.2) is 12.2 Å². The van der Waals surface area contributed by atoms with Gasteiger partial charge in [-0.2, -0.15) is 0 Å². The molecular weight excluding hydrogens is 300 g/mol. The van der Waals surface area contributed by atoms with Gasteiger partial charge in [-0.25, -0.2) is 0 Å². The standard InChI is InChI=1S/C20H36O2Si/c1-13-9-10-16-11-14(2)19(15(3)18(16)17(13)12-21)22-23(7,8)20(4,5)6/h9-10,12-19H,11H2,1-8H3/t13-,14+,15-,16-,17-,18-,19-/m0/s1. The van der Waals surface area contributed by atoms with Crippen LogP contribution in [-0.2, 0) is 9.22 Å². The fourth-order valence-corrected chi connectivity index (χ4v) is 5.92. The minimum Gasteiger partial charge on any atom is -0.413 e. The Labute approximate surface area is 144 Å². The average molecular weight is 337 g/mol. The van der Waals surface area contributed by atoms with Crippen molar-refractivity contribution in [3.63, 3.8) is 0 Å². The normalized spacial score (nSPS) is 41.5. The molecule has 132 valence electrons. The van der Waals surface area contributed by atoms with Crippen molar-refractivity contribution in [3.8, 4) is 0 Å². The quantitative estimate of drug-likeness (QED) is 0.397. The molecule has 0 N–H and O–H groups in total. The van der Waals surface area contributed by atoms with Gasteiger partial charge in [-0.1, -0.05) is 53.7 Å². The summed E-state index contributed by atoms with van der Waals surface area (Å²) < 4.78 is 6.84. The second-order valence-electron chi connectivity index (χ2n) is 9.61. The maximum absolute atomic E-state index is 11.7. The van der Waals surface area contributed by atoms with E-state index in [1.165, 1.54) is 6.29 Å². The van der Waals surface area contributed by atoms with E-state index in [-0.39, 0.29) is 11.0 Å². The van der Waals surface area contributed by atoms with Crippen molar-refractivity contribution in [2.24, 2.45) is 35.5 Å².